The predicted octanol–water partition coefficient (Wildman–Crippen LogP) is 1.94. The molecule has 2 fully saturated rings. The van der Waals surface area contributed by atoms with Gasteiger partial charge in [0.25, 0.3) is 0 Å². The van der Waals surface area contributed by atoms with Crippen LogP contribution in [0.25, 0.3) is 0 Å². The third-order valence-corrected chi connectivity index (χ3v) is 4.06. The molecule has 1 heterocycles. The highest BCUT2D eigenvalue weighted by atomic mass is 19.1. The summed E-state index contributed by atoms with van der Waals surface area (Å²) >= 11 is 0. The van der Waals surface area contributed by atoms with Gasteiger partial charge >= 0.3 is 0 Å². The summed E-state index contributed by atoms with van der Waals surface area (Å²) in [4.78, 5) is 4.95. The number of nitrogens with two attached hydrogens (primary N) is 1. The highest BCUT2D eigenvalue weighted by Gasteiger charge is 2.26. The first-order valence-electron chi connectivity index (χ1n) is 7.19. The van der Waals surface area contributed by atoms with Crippen LogP contribution in [0, 0.1) is 11.7 Å². The molecule has 0 spiro atoms. The van der Waals surface area contributed by atoms with Gasteiger partial charge in [-0.2, -0.15) is 0 Å². The zero-order valence-corrected chi connectivity index (χ0v) is 11.3. The lowest BCUT2D eigenvalue weighted by Crippen LogP contribution is -2.46. The van der Waals surface area contributed by atoms with Gasteiger partial charge in [-0.3, -0.25) is 4.90 Å². The Kier molecular flexibility index (Phi) is 3.71. The second kappa shape index (κ2) is 5.47. The fourth-order valence-corrected chi connectivity index (χ4v) is 2.82. The molecule has 104 valence electrons. The highest BCUT2D eigenvalue weighted by molar-refractivity contribution is 5.41. The molecule has 1 aliphatic heterocycles. The maximum absolute atomic E-state index is 13.3. The van der Waals surface area contributed by atoms with E-state index < -0.39 is 0 Å². The average molecular weight is 263 g/mol. The molecule has 1 saturated heterocycles. The van der Waals surface area contributed by atoms with Gasteiger partial charge in [-0.1, -0.05) is 0 Å². The van der Waals surface area contributed by atoms with Crippen molar-refractivity contribution in [2.75, 3.05) is 38.5 Å². The summed E-state index contributed by atoms with van der Waals surface area (Å²) in [6.45, 7) is 6.51. The maximum atomic E-state index is 13.3. The average Bonchev–Trinajstić information content (AvgIpc) is 3.14. The molecule has 1 aliphatic carbocycles. The Morgan fingerprint density at radius 3 is 2.37 bits per heavy atom. The minimum Gasteiger partial charge on any atom is -0.399 e. The summed E-state index contributed by atoms with van der Waals surface area (Å²) in [5, 5.41) is 0. The number of nitrogens with zero attached hydrogens (tertiary/aromatic N) is 2. The second-order valence-corrected chi connectivity index (χ2v) is 5.91. The predicted molar refractivity (Wildman–Crippen MR) is 75.3 cm³/mol. The lowest BCUT2D eigenvalue weighted by molar-refractivity contribution is 0.123. The topological polar surface area (TPSA) is 32.5 Å². The molecule has 0 atom stereocenters. The smallest absolute Gasteiger partial charge is 0.125 e. The summed E-state index contributed by atoms with van der Waals surface area (Å²) in [5.41, 5.74) is 7.18. The van der Waals surface area contributed by atoms with Crippen LogP contribution in [0.3, 0.4) is 0 Å². The van der Waals surface area contributed by atoms with E-state index in [2.05, 4.69) is 9.80 Å². The molecule has 3 rings (SSSR count). The Morgan fingerprint density at radius 1 is 1.05 bits per heavy atom. The standard InChI is InChI=1S/C15H22FN3/c16-14-7-13(8-15(17)9-14)11-19-5-3-18(4-6-19)10-12-1-2-12/h7-9,12H,1-6,10-11,17H2. The highest BCUT2D eigenvalue weighted by Crippen LogP contribution is 2.30. The third-order valence-electron chi connectivity index (χ3n) is 4.06. The zero-order chi connectivity index (χ0) is 13.2. The molecule has 1 aromatic carbocycles. The van der Waals surface area contributed by atoms with E-state index in [1.807, 2.05) is 6.07 Å². The van der Waals surface area contributed by atoms with Crippen LogP contribution in [-0.4, -0.2) is 42.5 Å². The van der Waals surface area contributed by atoms with E-state index in [-0.39, 0.29) is 5.82 Å². The number of halogens is 1. The number of rotatable bonds is 4. The van der Waals surface area contributed by atoms with Crippen molar-refractivity contribution in [3.05, 3.63) is 29.6 Å². The van der Waals surface area contributed by atoms with Crippen molar-refractivity contribution < 1.29 is 4.39 Å². The molecule has 2 N–H and O–H groups in total. The molecule has 0 aromatic heterocycles. The van der Waals surface area contributed by atoms with Gasteiger partial charge in [-0.25, -0.2) is 4.39 Å². The van der Waals surface area contributed by atoms with Gasteiger partial charge in [-0.15, -0.1) is 0 Å². The molecule has 2 aliphatic rings. The van der Waals surface area contributed by atoms with E-state index in [4.69, 9.17) is 5.73 Å². The van der Waals surface area contributed by atoms with Crippen LogP contribution in [0.5, 0.6) is 0 Å². The molecule has 19 heavy (non-hydrogen) atoms. The molecule has 0 bridgehead atoms. The van der Waals surface area contributed by atoms with Crippen molar-refractivity contribution in [2.45, 2.75) is 19.4 Å². The summed E-state index contributed by atoms with van der Waals surface area (Å²) in [6, 6.07) is 4.84. The fraction of sp³-hybridized carbons (Fsp3) is 0.600. The Balaban J connectivity index is 1.50. The van der Waals surface area contributed by atoms with Crippen molar-refractivity contribution in [2.24, 2.45) is 5.92 Å². The Morgan fingerprint density at radius 2 is 1.74 bits per heavy atom. The molecule has 0 amide bonds. The molecule has 3 nitrogen and oxygen atoms in total. The van der Waals surface area contributed by atoms with Crippen molar-refractivity contribution in [3.8, 4) is 0 Å². The van der Waals surface area contributed by atoms with E-state index in [0.717, 1.165) is 44.2 Å². The van der Waals surface area contributed by atoms with Crippen LogP contribution in [0.1, 0.15) is 18.4 Å². The number of hydrogen-bond acceptors (Lipinski definition) is 3. The Bertz CT molecular complexity index is 417. The van der Waals surface area contributed by atoms with Gasteiger partial charge < -0.3 is 10.6 Å². The zero-order valence-electron chi connectivity index (χ0n) is 11.3. The number of nitrogen functional groups attached to an aromatic ring is 1. The minimum atomic E-state index is -0.234. The van der Waals surface area contributed by atoms with Gasteiger partial charge in [0, 0.05) is 45.0 Å². The molecule has 0 radical (unpaired) electrons. The van der Waals surface area contributed by atoms with Crippen LogP contribution >= 0.6 is 0 Å². The first-order valence-corrected chi connectivity index (χ1v) is 7.19. The number of benzene rings is 1. The normalized spacial score (nSPS) is 21.7. The lowest BCUT2D eigenvalue weighted by atomic mass is 10.1. The van der Waals surface area contributed by atoms with Crippen molar-refractivity contribution in [1.29, 1.82) is 0 Å². The first-order chi connectivity index (χ1) is 9.19. The molecule has 1 aromatic rings. The maximum Gasteiger partial charge on any atom is 0.125 e. The number of hydrogen-bond donors (Lipinski definition) is 1. The lowest BCUT2D eigenvalue weighted by Gasteiger charge is -2.34. The summed E-state index contributed by atoms with van der Waals surface area (Å²) in [7, 11) is 0. The van der Waals surface area contributed by atoms with Crippen molar-refractivity contribution in [3.63, 3.8) is 0 Å². The third kappa shape index (κ3) is 3.67. The first kappa shape index (κ1) is 12.9. The van der Waals surface area contributed by atoms with E-state index >= 15 is 0 Å². The largest absolute Gasteiger partial charge is 0.399 e. The van der Waals surface area contributed by atoms with Gasteiger partial charge in [0.2, 0.25) is 0 Å². The van der Waals surface area contributed by atoms with Gasteiger partial charge in [-0.05, 0) is 42.5 Å². The Hall–Kier alpha value is -1.13. The SMILES string of the molecule is Nc1cc(F)cc(CN2CCN(CC3CC3)CC2)c1. The molecule has 1 saturated carbocycles. The molecular formula is C15H22FN3. The number of anilines is 1. The van der Waals surface area contributed by atoms with Crippen LogP contribution in [-0.2, 0) is 6.54 Å². The van der Waals surface area contributed by atoms with Crippen LogP contribution < -0.4 is 5.73 Å². The van der Waals surface area contributed by atoms with E-state index in [1.165, 1.54) is 25.5 Å². The monoisotopic (exact) mass is 263 g/mol. The van der Waals surface area contributed by atoms with Crippen LogP contribution in [0.15, 0.2) is 18.2 Å². The quantitative estimate of drug-likeness (QED) is 0.843. The number of piperazine rings is 1. The van der Waals surface area contributed by atoms with E-state index in [1.54, 1.807) is 6.07 Å². The van der Waals surface area contributed by atoms with Gasteiger partial charge in [0.15, 0.2) is 0 Å². The molecule has 0 unspecified atom stereocenters. The van der Waals surface area contributed by atoms with Gasteiger partial charge in [0.05, 0.1) is 0 Å². The van der Waals surface area contributed by atoms with Gasteiger partial charge in [0.1, 0.15) is 5.82 Å². The van der Waals surface area contributed by atoms with Crippen molar-refractivity contribution in [1.82, 2.24) is 9.80 Å². The van der Waals surface area contributed by atoms with E-state index in [0.29, 0.717) is 5.69 Å². The van der Waals surface area contributed by atoms with Crippen LogP contribution in [0.4, 0.5) is 10.1 Å². The molecular weight excluding hydrogens is 241 g/mol. The summed E-state index contributed by atoms with van der Waals surface area (Å²) in [6.07, 6.45) is 2.84. The Labute approximate surface area is 114 Å². The minimum absolute atomic E-state index is 0.234. The summed E-state index contributed by atoms with van der Waals surface area (Å²) in [5.74, 6) is 0.733. The summed E-state index contributed by atoms with van der Waals surface area (Å²) < 4.78 is 13.3. The molecule has 4 heteroatoms. The second-order valence-electron chi connectivity index (χ2n) is 5.91. The van der Waals surface area contributed by atoms with Crippen molar-refractivity contribution >= 4 is 5.69 Å². The van der Waals surface area contributed by atoms with Crippen LogP contribution in [0.2, 0.25) is 0 Å². The fourth-order valence-electron chi connectivity index (χ4n) is 2.82. The van der Waals surface area contributed by atoms with E-state index in [9.17, 15) is 4.39 Å².